The Morgan fingerprint density at radius 3 is 2.15 bits per heavy atom. The van der Waals surface area contributed by atoms with E-state index in [-0.39, 0.29) is 41.6 Å². The summed E-state index contributed by atoms with van der Waals surface area (Å²) in [6.07, 6.45) is 0. The summed E-state index contributed by atoms with van der Waals surface area (Å²) < 4.78 is 0. The van der Waals surface area contributed by atoms with Crippen LogP contribution in [-0.4, -0.2) is 31.9 Å². The zero-order chi connectivity index (χ0) is 28.2. The summed E-state index contributed by atoms with van der Waals surface area (Å²) in [5.74, 6) is -0.0594. The first-order valence-corrected chi connectivity index (χ1v) is 12.3. The van der Waals surface area contributed by atoms with E-state index in [1.54, 1.807) is 54.6 Å². The number of hydrogen-bond donors (Lipinski definition) is 5. The lowest BCUT2D eigenvalue weighted by Gasteiger charge is -2.19. The van der Waals surface area contributed by atoms with Gasteiger partial charge < -0.3 is 26.8 Å². The smallest absolute Gasteiger partial charge is 0.255 e. The van der Waals surface area contributed by atoms with Crippen LogP contribution in [0, 0.1) is 0 Å². The van der Waals surface area contributed by atoms with E-state index < -0.39 is 0 Å². The number of aliphatic hydroxyl groups is 1. The van der Waals surface area contributed by atoms with E-state index in [4.69, 9.17) is 5.73 Å². The number of rotatable bonds is 7. The highest BCUT2D eigenvalue weighted by Gasteiger charge is 2.18. The van der Waals surface area contributed by atoms with Gasteiger partial charge in [0.1, 0.15) is 0 Å². The topological polar surface area (TPSA) is 155 Å². The number of aliphatic hydroxyl groups excluding tert-OH is 1. The molecular weight excluding hydrogens is 494 g/mol. The third-order valence-corrected chi connectivity index (χ3v) is 5.95. The molecule has 39 heavy (non-hydrogen) atoms. The van der Waals surface area contributed by atoms with Gasteiger partial charge >= 0.3 is 0 Å². The minimum Gasteiger partial charge on any atom is -0.392 e. The Morgan fingerprint density at radius 2 is 1.54 bits per heavy atom. The van der Waals surface area contributed by atoms with Gasteiger partial charge in [0, 0.05) is 40.7 Å². The quantitative estimate of drug-likeness (QED) is 0.229. The van der Waals surface area contributed by atoms with Gasteiger partial charge in [0.2, 0.25) is 17.8 Å². The van der Waals surface area contributed by atoms with E-state index in [1.165, 1.54) is 6.92 Å². The molecular formula is C29H31N7O3. The number of carbonyl (C=O) groups is 2. The number of carbonyl (C=O) groups excluding carboxylic acids is 2. The fourth-order valence-corrected chi connectivity index (χ4v) is 3.94. The van der Waals surface area contributed by atoms with E-state index in [1.807, 2.05) is 12.1 Å². The highest BCUT2D eigenvalue weighted by atomic mass is 16.3. The Labute approximate surface area is 226 Å². The normalized spacial score (nSPS) is 11.1. The summed E-state index contributed by atoms with van der Waals surface area (Å²) in [5.41, 5.74) is 10.3. The third-order valence-electron chi connectivity index (χ3n) is 5.95. The van der Waals surface area contributed by atoms with Crippen molar-refractivity contribution < 1.29 is 14.7 Å². The molecule has 0 saturated carbocycles. The highest BCUT2D eigenvalue weighted by Crippen LogP contribution is 2.29. The molecule has 200 valence electrons. The van der Waals surface area contributed by atoms with Crippen molar-refractivity contribution in [1.82, 2.24) is 15.0 Å². The molecule has 0 aliphatic carbocycles. The molecule has 10 nitrogen and oxygen atoms in total. The molecule has 1 aromatic heterocycles. The van der Waals surface area contributed by atoms with Crippen molar-refractivity contribution in [2.24, 2.45) is 0 Å². The monoisotopic (exact) mass is 525 g/mol. The molecule has 0 spiro atoms. The lowest BCUT2D eigenvalue weighted by molar-refractivity contribution is -0.114. The Bertz CT molecular complexity index is 1500. The molecule has 10 heteroatoms. The number of nitrogens with one attached hydrogen (secondary N) is 3. The lowest BCUT2D eigenvalue weighted by Crippen LogP contribution is -2.15. The molecule has 0 saturated heterocycles. The molecule has 4 aromatic rings. The maximum atomic E-state index is 13.0. The molecule has 0 bridgehead atoms. The number of nitrogen functional groups attached to an aromatic ring is 1. The predicted octanol–water partition coefficient (Wildman–Crippen LogP) is 4.86. The first kappa shape index (κ1) is 27.2. The van der Waals surface area contributed by atoms with Crippen molar-refractivity contribution in [2.45, 2.75) is 39.7 Å². The second-order valence-corrected chi connectivity index (χ2v) is 10.00. The number of benzene rings is 3. The number of anilines is 5. The number of hydrogen-bond acceptors (Lipinski definition) is 8. The van der Waals surface area contributed by atoms with Crippen LogP contribution in [-0.2, 0) is 16.8 Å². The Kier molecular flexibility index (Phi) is 7.87. The maximum Gasteiger partial charge on any atom is 0.255 e. The molecule has 0 radical (unpaired) electrons. The van der Waals surface area contributed by atoms with E-state index >= 15 is 0 Å². The summed E-state index contributed by atoms with van der Waals surface area (Å²) in [4.78, 5) is 37.1. The fraction of sp³-hybridized carbons (Fsp3) is 0.207. The number of amides is 2. The number of nitrogens with zero attached hydrogens (tertiary/aromatic N) is 3. The van der Waals surface area contributed by atoms with Crippen LogP contribution in [0.1, 0.15) is 49.2 Å². The molecule has 6 N–H and O–H groups in total. The van der Waals surface area contributed by atoms with E-state index in [2.05, 4.69) is 51.7 Å². The summed E-state index contributed by atoms with van der Waals surface area (Å²) in [6.45, 7) is 7.40. The van der Waals surface area contributed by atoms with Crippen molar-refractivity contribution >= 4 is 40.8 Å². The van der Waals surface area contributed by atoms with Gasteiger partial charge in [-0.3, -0.25) is 9.59 Å². The summed E-state index contributed by atoms with van der Waals surface area (Å²) >= 11 is 0. The maximum absolute atomic E-state index is 13.0. The first-order valence-electron chi connectivity index (χ1n) is 12.3. The number of nitrogens with two attached hydrogens (primary N) is 1. The molecule has 0 fully saturated rings. The van der Waals surface area contributed by atoms with Crippen molar-refractivity contribution in [1.29, 1.82) is 0 Å². The van der Waals surface area contributed by atoms with Gasteiger partial charge in [0.05, 0.1) is 6.61 Å². The first-order chi connectivity index (χ1) is 18.5. The van der Waals surface area contributed by atoms with Crippen LogP contribution in [0.15, 0.2) is 66.7 Å². The predicted molar refractivity (Wildman–Crippen MR) is 153 cm³/mol. The zero-order valence-electron chi connectivity index (χ0n) is 22.2. The summed E-state index contributed by atoms with van der Waals surface area (Å²) in [5, 5.41) is 18.9. The summed E-state index contributed by atoms with van der Waals surface area (Å²) in [7, 11) is 0. The fourth-order valence-electron chi connectivity index (χ4n) is 3.94. The van der Waals surface area contributed by atoms with Crippen molar-refractivity contribution in [3.05, 3.63) is 83.4 Å². The second kappa shape index (κ2) is 11.3. The summed E-state index contributed by atoms with van der Waals surface area (Å²) in [6, 6.07) is 19.6. The Morgan fingerprint density at radius 1 is 0.872 bits per heavy atom. The van der Waals surface area contributed by atoms with Gasteiger partial charge in [-0.2, -0.15) is 15.0 Å². The van der Waals surface area contributed by atoms with Crippen molar-refractivity contribution in [3.63, 3.8) is 0 Å². The van der Waals surface area contributed by atoms with E-state index in [9.17, 15) is 14.7 Å². The highest BCUT2D eigenvalue weighted by molar-refractivity contribution is 6.05. The van der Waals surface area contributed by atoms with Gasteiger partial charge in [-0.1, -0.05) is 45.0 Å². The van der Waals surface area contributed by atoms with Crippen LogP contribution < -0.4 is 21.7 Å². The van der Waals surface area contributed by atoms with E-state index in [0.717, 1.165) is 5.56 Å². The van der Waals surface area contributed by atoms with Crippen LogP contribution in [0.5, 0.6) is 0 Å². The SMILES string of the molecule is CC(=O)Nc1ccc(Nc2nc(N)nc(-c3cccc(NC(=O)c4ccc(C(C)(C)C)cc4)c3CO)n2)cc1. The standard InChI is InChI=1S/C29H31N7O3/c1-17(38)31-20-12-14-21(15-13-20)32-28-35-25(34-27(30)36-28)22-6-5-7-24(23(22)16-37)33-26(39)18-8-10-19(11-9-18)29(2,3)4/h5-15,37H,16H2,1-4H3,(H,31,38)(H,33,39)(H3,30,32,34,35,36). The van der Waals surface area contributed by atoms with Gasteiger partial charge in [-0.15, -0.1) is 0 Å². The van der Waals surface area contributed by atoms with Crippen molar-refractivity contribution in [3.8, 4) is 11.4 Å². The molecule has 4 rings (SSSR count). The molecule has 3 aromatic carbocycles. The van der Waals surface area contributed by atoms with Crippen LogP contribution in [0.4, 0.5) is 29.0 Å². The van der Waals surface area contributed by atoms with Crippen molar-refractivity contribution in [2.75, 3.05) is 21.7 Å². The van der Waals surface area contributed by atoms with Gasteiger partial charge in [-0.25, -0.2) is 0 Å². The average molecular weight is 526 g/mol. The van der Waals surface area contributed by atoms with Gasteiger partial charge in [0.15, 0.2) is 5.82 Å². The third kappa shape index (κ3) is 6.74. The van der Waals surface area contributed by atoms with Crippen LogP contribution >= 0.6 is 0 Å². The van der Waals surface area contributed by atoms with Crippen LogP contribution in [0.25, 0.3) is 11.4 Å². The van der Waals surface area contributed by atoms with Gasteiger partial charge in [0.25, 0.3) is 5.91 Å². The average Bonchev–Trinajstić information content (AvgIpc) is 2.88. The molecule has 0 aliphatic heterocycles. The minimum absolute atomic E-state index is 0.0189. The Balaban J connectivity index is 1.59. The molecule has 0 aliphatic rings. The molecule has 2 amide bonds. The molecule has 0 unspecified atom stereocenters. The second-order valence-electron chi connectivity index (χ2n) is 10.00. The molecule has 0 atom stereocenters. The minimum atomic E-state index is -0.367. The Hall–Kier alpha value is -4.83. The zero-order valence-corrected chi connectivity index (χ0v) is 22.2. The lowest BCUT2D eigenvalue weighted by atomic mass is 9.86. The van der Waals surface area contributed by atoms with E-state index in [0.29, 0.717) is 33.8 Å². The number of aromatic nitrogens is 3. The molecule has 1 heterocycles. The largest absolute Gasteiger partial charge is 0.392 e. The van der Waals surface area contributed by atoms with Crippen LogP contribution in [0.2, 0.25) is 0 Å². The van der Waals surface area contributed by atoms with Gasteiger partial charge in [-0.05, 0) is 53.4 Å². The van der Waals surface area contributed by atoms with Crippen LogP contribution in [0.3, 0.4) is 0 Å².